The van der Waals surface area contributed by atoms with Crippen LogP contribution in [0.4, 0.5) is 4.39 Å². The van der Waals surface area contributed by atoms with Crippen LogP contribution in [0.15, 0.2) is 24.3 Å². The van der Waals surface area contributed by atoms with Crippen molar-refractivity contribution in [2.24, 2.45) is 0 Å². The lowest BCUT2D eigenvalue weighted by Crippen LogP contribution is -2.24. The topological polar surface area (TPSA) is 25.2 Å². The number of benzene rings is 1. The molecule has 2 rings (SSSR count). The molecule has 2 nitrogen and oxygen atoms in total. The van der Waals surface area contributed by atoms with E-state index in [2.05, 4.69) is 18.4 Å². The van der Waals surface area contributed by atoms with Gasteiger partial charge in [0.2, 0.25) is 0 Å². The number of nitrogens with zero attached hydrogens (tertiary/aromatic N) is 1. The molecule has 0 aliphatic rings. The van der Waals surface area contributed by atoms with Crippen molar-refractivity contribution in [3.63, 3.8) is 0 Å². The standard InChI is InChI=1S/C15H20FNO/c1-10(2)17-13(9-15(3,4)18)8-11-7-12(16)5-6-14(11)17/h5-8,10,18H,9H2,1-4H3. The van der Waals surface area contributed by atoms with Crippen LogP contribution in [0.2, 0.25) is 0 Å². The maximum absolute atomic E-state index is 13.3. The fourth-order valence-corrected chi connectivity index (χ4v) is 2.45. The average Bonchev–Trinajstić information content (AvgIpc) is 2.51. The Kier molecular flexibility index (Phi) is 3.20. The van der Waals surface area contributed by atoms with Crippen molar-refractivity contribution in [2.45, 2.75) is 45.8 Å². The van der Waals surface area contributed by atoms with E-state index < -0.39 is 5.60 Å². The van der Waals surface area contributed by atoms with Crippen molar-refractivity contribution < 1.29 is 9.50 Å². The second-order valence-electron chi connectivity index (χ2n) is 5.79. The number of rotatable bonds is 3. The summed E-state index contributed by atoms with van der Waals surface area (Å²) in [6.45, 7) is 7.76. The van der Waals surface area contributed by atoms with Crippen LogP contribution in [0.1, 0.15) is 39.4 Å². The average molecular weight is 249 g/mol. The van der Waals surface area contributed by atoms with E-state index in [0.717, 1.165) is 16.6 Å². The van der Waals surface area contributed by atoms with Crippen LogP contribution in [0, 0.1) is 5.82 Å². The molecule has 0 spiro atoms. The van der Waals surface area contributed by atoms with Gasteiger partial charge in [0.15, 0.2) is 0 Å². The Bertz CT molecular complexity index is 564. The first-order valence-corrected chi connectivity index (χ1v) is 6.30. The van der Waals surface area contributed by atoms with E-state index in [1.165, 1.54) is 6.07 Å². The van der Waals surface area contributed by atoms with E-state index in [9.17, 15) is 9.50 Å². The van der Waals surface area contributed by atoms with Crippen molar-refractivity contribution in [1.29, 1.82) is 0 Å². The van der Waals surface area contributed by atoms with Crippen LogP contribution in [0.3, 0.4) is 0 Å². The van der Waals surface area contributed by atoms with Crippen LogP contribution >= 0.6 is 0 Å². The summed E-state index contributed by atoms with van der Waals surface area (Å²) in [4.78, 5) is 0. The number of aromatic nitrogens is 1. The second-order valence-corrected chi connectivity index (χ2v) is 5.79. The molecule has 0 fully saturated rings. The van der Waals surface area contributed by atoms with E-state index >= 15 is 0 Å². The minimum Gasteiger partial charge on any atom is -0.390 e. The highest BCUT2D eigenvalue weighted by atomic mass is 19.1. The van der Waals surface area contributed by atoms with Gasteiger partial charge in [-0.25, -0.2) is 4.39 Å². The Balaban J connectivity index is 2.61. The van der Waals surface area contributed by atoms with Crippen LogP contribution in [0.5, 0.6) is 0 Å². The lowest BCUT2D eigenvalue weighted by Gasteiger charge is -2.21. The summed E-state index contributed by atoms with van der Waals surface area (Å²) in [5.41, 5.74) is 1.29. The summed E-state index contributed by atoms with van der Waals surface area (Å²) in [6.07, 6.45) is 0.557. The first kappa shape index (κ1) is 13.1. The third-order valence-electron chi connectivity index (χ3n) is 3.01. The summed E-state index contributed by atoms with van der Waals surface area (Å²) >= 11 is 0. The van der Waals surface area contributed by atoms with Crippen molar-refractivity contribution in [1.82, 2.24) is 4.57 Å². The number of hydrogen-bond acceptors (Lipinski definition) is 1. The van der Waals surface area contributed by atoms with E-state index in [4.69, 9.17) is 0 Å². The van der Waals surface area contributed by atoms with Crippen molar-refractivity contribution in [3.05, 3.63) is 35.8 Å². The SMILES string of the molecule is CC(C)n1c(CC(C)(C)O)cc2cc(F)ccc21. The summed E-state index contributed by atoms with van der Waals surface area (Å²) < 4.78 is 15.4. The number of aliphatic hydroxyl groups is 1. The molecule has 1 aromatic heterocycles. The van der Waals surface area contributed by atoms with Crippen LogP contribution < -0.4 is 0 Å². The maximum atomic E-state index is 13.3. The molecular weight excluding hydrogens is 229 g/mol. The second kappa shape index (κ2) is 4.39. The highest BCUT2D eigenvalue weighted by Crippen LogP contribution is 2.27. The highest BCUT2D eigenvalue weighted by molar-refractivity contribution is 5.81. The van der Waals surface area contributed by atoms with Gasteiger partial charge in [0.1, 0.15) is 5.82 Å². The predicted molar refractivity (Wildman–Crippen MR) is 72.3 cm³/mol. The van der Waals surface area contributed by atoms with E-state index in [-0.39, 0.29) is 11.9 Å². The molecule has 0 unspecified atom stereocenters. The third-order valence-corrected chi connectivity index (χ3v) is 3.01. The monoisotopic (exact) mass is 249 g/mol. The van der Waals surface area contributed by atoms with Gasteiger partial charge < -0.3 is 9.67 Å². The molecule has 18 heavy (non-hydrogen) atoms. The Morgan fingerprint density at radius 1 is 1.28 bits per heavy atom. The third kappa shape index (κ3) is 2.56. The zero-order chi connectivity index (χ0) is 13.5. The fourth-order valence-electron chi connectivity index (χ4n) is 2.45. The van der Waals surface area contributed by atoms with Crippen LogP contribution in [0.25, 0.3) is 10.9 Å². The molecule has 0 saturated carbocycles. The van der Waals surface area contributed by atoms with Crippen LogP contribution in [-0.4, -0.2) is 15.3 Å². The van der Waals surface area contributed by atoms with Gasteiger partial charge in [-0.05, 0) is 52.0 Å². The lowest BCUT2D eigenvalue weighted by molar-refractivity contribution is 0.0789. The summed E-state index contributed by atoms with van der Waals surface area (Å²) in [6, 6.07) is 7.08. The van der Waals surface area contributed by atoms with Gasteiger partial charge in [-0.2, -0.15) is 0 Å². The first-order chi connectivity index (χ1) is 8.28. The van der Waals surface area contributed by atoms with E-state index in [1.807, 2.05) is 6.07 Å². The Morgan fingerprint density at radius 3 is 2.50 bits per heavy atom. The Hall–Kier alpha value is -1.35. The smallest absolute Gasteiger partial charge is 0.123 e. The van der Waals surface area contributed by atoms with Crippen molar-refractivity contribution in [2.75, 3.05) is 0 Å². The van der Waals surface area contributed by atoms with E-state index in [0.29, 0.717) is 6.42 Å². The summed E-state index contributed by atoms with van der Waals surface area (Å²) in [5.74, 6) is -0.224. The number of hydrogen-bond donors (Lipinski definition) is 1. The van der Waals surface area contributed by atoms with E-state index in [1.54, 1.807) is 26.0 Å². The Morgan fingerprint density at radius 2 is 1.94 bits per heavy atom. The molecule has 2 aromatic rings. The van der Waals surface area contributed by atoms with Gasteiger partial charge in [-0.3, -0.25) is 0 Å². The summed E-state index contributed by atoms with van der Waals surface area (Å²) in [5, 5.41) is 10.9. The zero-order valence-electron chi connectivity index (χ0n) is 11.4. The molecule has 3 heteroatoms. The molecule has 0 atom stereocenters. The van der Waals surface area contributed by atoms with Crippen molar-refractivity contribution >= 4 is 10.9 Å². The van der Waals surface area contributed by atoms with Gasteiger partial charge in [-0.1, -0.05) is 0 Å². The number of halogens is 1. The largest absolute Gasteiger partial charge is 0.390 e. The van der Waals surface area contributed by atoms with Crippen LogP contribution in [-0.2, 0) is 6.42 Å². The fraction of sp³-hybridized carbons (Fsp3) is 0.467. The molecular formula is C15H20FNO. The zero-order valence-corrected chi connectivity index (χ0v) is 11.4. The van der Waals surface area contributed by atoms with Gasteiger partial charge in [0.05, 0.1) is 5.60 Å². The predicted octanol–water partition coefficient (Wildman–Crippen LogP) is 3.67. The minimum absolute atomic E-state index is 0.224. The molecule has 0 saturated heterocycles. The van der Waals surface area contributed by atoms with Gasteiger partial charge in [0.25, 0.3) is 0 Å². The first-order valence-electron chi connectivity index (χ1n) is 6.30. The molecule has 0 aliphatic carbocycles. The van der Waals surface area contributed by atoms with Crippen molar-refractivity contribution in [3.8, 4) is 0 Å². The molecule has 98 valence electrons. The molecule has 1 aromatic carbocycles. The highest BCUT2D eigenvalue weighted by Gasteiger charge is 2.19. The minimum atomic E-state index is -0.764. The van der Waals surface area contributed by atoms with Gasteiger partial charge in [-0.15, -0.1) is 0 Å². The molecule has 1 heterocycles. The number of fused-ring (bicyclic) bond motifs is 1. The summed E-state index contributed by atoms with van der Waals surface area (Å²) in [7, 11) is 0. The normalized spacial score (nSPS) is 12.6. The molecule has 1 N–H and O–H groups in total. The molecule has 0 aliphatic heterocycles. The molecule has 0 amide bonds. The lowest BCUT2D eigenvalue weighted by atomic mass is 10.0. The van der Waals surface area contributed by atoms with Gasteiger partial charge in [0, 0.05) is 29.1 Å². The molecule has 0 radical (unpaired) electrons. The quantitative estimate of drug-likeness (QED) is 0.882. The Labute approximate surface area is 107 Å². The molecule has 0 bridgehead atoms. The van der Waals surface area contributed by atoms with Gasteiger partial charge >= 0.3 is 0 Å². The maximum Gasteiger partial charge on any atom is 0.123 e.